The van der Waals surface area contributed by atoms with Gasteiger partial charge in [0.15, 0.2) is 12.3 Å². The van der Waals surface area contributed by atoms with Gasteiger partial charge in [0.1, 0.15) is 5.75 Å². The summed E-state index contributed by atoms with van der Waals surface area (Å²) < 4.78 is 85.4. The molecule has 0 saturated heterocycles. The maximum absolute atomic E-state index is 13.4. The minimum Gasteiger partial charge on any atom is -0.419 e. The van der Waals surface area contributed by atoms with Crippen LogP contribution in [0.25, 0.3) is 5.65 Å². The molecule has 0 radical (unpaired) electrons. The molecule has 3 rings (SSSR count). The molecule has 0 bridgehead atoms. The van der Waals surface area contributed by atoms with Crippen LogP contribution in [0.15, 0.2) is 30.5 Å². The molecule has 2 heterocycles. The first-order chi connectivity index (χ1) is 17.1. The summed E-state index contributed by atoms with van der Waals surface area (Å²) in [5, 5.41) is 3.98. The fourth-order valence-corrected chi connectivity index (χ4v) is 3.79. The molecule has 0 amide bonds. The molecule has 0 atom stereocenters. The number of ketones is 1. The van der Waals surface area contributed by atoms with Gasteiger partial charge < -0.3 is 10.5 Å². The van der Waals surface area contributed by atoms with E-state index in [2.05, 4.69) is 5.10 Å². The van der Waals surface area contributed by atoms with Crippen molar-refractivity contribution in [3.63, 3.8) is 0 Å². The lowest BCUT2D eigenvalue weighted by Crippen LogP contribution is -2.31. The van der Waals surface area contributed by atoms with Gasteiger partial charge in [0.25, 0.3) is 0 Å². The quantitative estimate of drug-likeness (QED) is 0.161. The van der Waals surface area contributed by atoms with Gasteiger partial charge in [-0.05, 0) is 29.0 Å². The molecular weight excluding hydrogens is 518 g/mol. The molecular formula is C25H27F6N4O3+. The maximum Gasteiger partial charge on any atom is 0.491 e. The second kappa shape index (κ2) is 9.28. The Bertz CT molecular complexity index is 1370. The number of fused-ring (bicyclic) bond motifs is 1. The van der Waals surface area contributed by atoms with Gasteiger partial charge in [-0.15, -0.1) is 4.68 Å². The summed E-state index contributed by atoms with van der Waals surface area (Å²) in [6, 6.07) is 4.65. The number of carbonyl (C=O) groups excluding carboxylic acids is 2. The Kier molecular flexibility index (Phi) is 7.06. The predicted octanol–water partition coefficient (Wildman–Crippen LogP) is 5.17. The highest BCUT2D eigenvalue weighted by atomic mass is 19.4. The number of carbonyl (C=O) groups is 2. The summed E-state index contributed by atoms with van der Waals surface area (Å²) in [5.74, 6) is -3.49. The smallest absolute Gasteiger partial charge is 0.419 e. The molecule has 0 aliphatic carbocycles. The fourth-order valence-electron chi connectivity index (χ4n) is 3.79. The van der Waals surface area contributed by atoms with Crippen LogP contribution in [0.4, 0.5) is 32.3 Å². The van der Waals surface area contributed by atoms with Crippen LogP contribution in [0.3, 0.4) is 0 Å². The van der Waals surface area contributed by atoms with Gasteiger partial charge in [-0.1, -0.05) is 41.5 Å². The Labute approximate surface area is 214 Å². The molecule has 206 valence electrons. The van der Waals surface area contributed by atoms with E-state index in [1.807, 2.05) is 0 Å². The number of halogens is 6. The summed E-state index contributed by atoms with van der Waals surface area (Å²) >= 11 is 0. The number of anilines is 1. The van der Waals surface area contributed by atoms with E-state index in [1.165, 1.54) is 12.1 Å². The van der Waals surface area contributed by atoms with Gasteiger partial charge in [0.2, 0.25) is 5.65 Å². The second-order valence-electron chi connectivity index (χ2n) is 10.9. The van der Waals surface area contributed by atoms with Crippen molar-refractivity contribution in [1.82, 2.24) is 9.78 Å². The predicted molar refractivity (Wildman–Crippen MR) is 125 cm³/mol. The molecule has 2 N–H and O–H groups in total. The van der Waals surface area contributed by atoms with Crippen molar-refractivity contribution < 1.29 is 45.1 Å². The van der Waals surface area contributed by atoms with E-state index in [9.17, 15) is 35.9 Å². The highest BCUT2D eigenvalue weighted by Crippen LogP contribution is 2.42. The number of esters is 1. The molecule has 0 fully saturated rings. The highest BCUT2D eigenvalue weighted by Gasteiger charge is 2.43. The molecule has 7 nitrogen and oxygen atoms in total. The summed E-state index contributed by atoms with van der Waals surface area (Å²) in [6.07, 6.45) is -9.09. The van der Waals surface area contributed by atoms with Crippen molar-refractivity contribution >= 4 is 23.3 Å². The van der Waals surface area contributed by atoms with Crippen LogP contribution in [-0.4, -0.2) is 27.7 Å². The lowest BCUT2D eigenvalue weighted by atomic mass is 9.78. The number of nitrogens with two attached hydrogens (primary N) is 1. The molecule has 0 aliphatic heterocycles. The maximum atomic E-state index is 13.4. The largest absolute Gasteiger partial charge is 0.491 e. The molecule has 1 aromatic carbocycles. The fraction of sp³-hybridized carbons (Fsp3) is 0.440. The average molecular weight is 546 g/mol. The van der Waals surface area contributed by atoms with Crippen molar-refractivity contribution in [2.24, 2.45) is 0 Å². The van der Waals surface area contributed by atoms with Gasteiger partial charge in [-0.25, -0.2) is 4.79 Å². The summed E-state index contributed by atoms with van der Waals surface area (Å²) in [5.41, 5.74) is 3.73. The number of alkyl halides is 6. The minimum absolute atomic E-state index is 0.0887. The number of nitrogens with zero attached hydrogens (tertiary/aromatic N) is 3. The number of Topliss-reactive ketones (excluding diaryl/α,β-unsaturated/α-hetero) is 1. The molecule has 38 heavy (non-hydrogen) atoms. The Morgan fingerprint density at radius 2 is 1.47 bits per heavy atom. The number of hydrogen-bond acceptors (Lipinski definition) is 5. The van der Waals surface area contributed by atoms with Gasteiger partial charge in [-0.2, -0.15) is 30.7 Å². The standard InChI is InChI=1S/C25H27F6N4O3/c1-22(2,3)15-9-13(10-16(23(4,5)6)19(15)38-20(37)25(29,30)31)17(36)12-35-18-8-7-14(24(26,27)28)11-34(18)21(32)33-35/h7-11H,12H2,1-6H3,(H2,32,33)/q+1. The Balaban J connectivity index is 2.13. The average Bonchev–Trinajstić information content (AvgIpc) is 3.05. The highest BCUT2D eigenvalue weighted by molar-refractivity contribution is 5.97. The third-order valence-electron chi connectivity index (χ3n) is 5.74. The molecule has 0 saturated carbocycles. The molecule has 0 spiro atoms. The van der Waals surface area contributed by atoms with E-state index in [1.54, 1.807) is 41.5 Å². The zero-order chi connectivity index (χ0) is 29.0. The molecule has 13 heteroatoms. The number of ether oxygens (including phenoxy) is 1. The topological polar surface area (TPSA) is 91.3 Å². The zero-order valence-corrected chi connectivity index (χ0v) is 21.5. The van der Waals surface area contributed by atoms with Gasteiger partial charge >= 0.3 is 24.3 Å². The first kappa shape index (κ1) is 28.9. The third-order valence-corrected chi connectivity index (χ3v) is 5.74. The first-order valence-corrected chi connectivity index (χ1v) is 11.4. The zero-order valence-electron chi connectivity index (χ0n) is 21.5. The second-order valence-corrected chi connectivity index (χ2v) is 10.9. The lowest BCUT2D eigenvalue weighted by Gasteiger charge is -2.30. The third kappa shape index (κ3) is 5.91. The van der Waals surface area contributed by atoms with Crippen LogP contribution in [0.1, 0.15) is 68.6 Å². The Hall–Kier alpha value is -3.64. The molecule has 3 aromatic rings. The Morgan fingerprint density at radius 1 is 0.947 bits per heavy atom. The van der Waals surface area contributed by atoms with Gasteiger partial charge in [-0.3, -0.25) is 4.79 Å². The number of rotatable bonds is 4. The van der Waals surface area contributed by atoms with E-state index in [-0.39, 0.29) is 34.0 Å². The van der Waals surface area contributed by atoms with Crippen molar-refractivity contribution in [2.75, 3.05) is 5.73 Å². The van der Waals surface area contributed by atoms with Crippen molar-refractivity contribution in [1.29, 1.82) is 0 Å². The number of nitrogen functional groups attached to an aromatic ring is 1. The van der Waals surface area contributed by atoms with Crippen LogP contribution in [0.5, 0.6) is 5.75 Å². The molecule has 0 unspecified atom stereocenters. The van der Waals surface area contributed by atoms with Gasteiger partial charge in [0.05, 0.1) is 11.8 Å². The monoisotopic (exact) mass is 545 g/mol. The van der Waals surface area contributed by atoms with E-state index in [4.69, 9.17) is 10.5 Å². The molecule has 2 aromatic heterocycles. The van der Waals surface area contributed by atoms with E-state index >= 15 is 0 Å². The summed E-state index contributed by atoms with van der Waals surface area (Å²) in [7, 11) is 0. The van der Waals surface area contributed by atoms with Crippen molar-refractivity contribution in [3.05, 3.63) is 52.7 Å². The number of aromatic nitrogens is 3. The number of pyridine rings is 1. The van der Waals surface area contributed by atoms with Crippen molar-refractivity contribution in [2.45, 2.75) is 71.3 Å². The number of hydrogen-bond donors (Lipinski definition) is 1. The van der Waals surface area contributed by atoms with Crippen LogP contribution >= 0.6 is 0 Å². The van der Waals surface area contributed by atoms with E-state index < -0.39 is 47.0 Å². The Morgan fingerprint density at radius 3 is 1.92 bits per heavy atom. The first-order valence-electron chi connectivity index (χ1n) is 11.4. The van der Waals surface area contributed by atoms with Crippen LogP contribution in [-0.2, 0) is 28.3 Å². The normalized spacial score (nSPS) is 13.2. The van der Waals surface area contributed by atoms with Crippen molar-refractivity contribution in [3.8, 4) is 5.75 Å². The van der Waals surface area contributed by atoms with Gasteiger partial charge in [0, 0.05) is 27.9 Å². The molecule has 0 aliphatic rings. The van der Waals surface area contributed by atoms with E-state index in [0.717, 1.165) is 27.4 Å². The summed E-state index contributed by atoms with van der Waals surface area (Å²) in [6.45, 7) is 9.68. The van der Waals surface area contributed by atoms with Crippen LogP contribution < -0.4 is 14.9 Å². The SMILES string of the molecule is CC(C)(C)c1cc(C(=O)Cn2nc(N)[n+]3cc(C(F)(F)F)ccc23)cc(C(C)(C)C)c1OC(=O)C(F)(F)F. The van der Waals surface area contributed by atoms with Crippen LogP contribution in [0, 0.1) is 0 Å². The minimum atomic E-state index is -5.23. The summed E-state index contributed by atoms with van der Waals surface area (Å²) in [4.78, 5) is 25.1. The van der Waals surface area contributed by atoms with Crippen LogP contribution in [0.2, 0.25) is 0 Å². The lowest BCUT2D eigenvalue weighted by molar-refractivity contribution is -0.498. The van der Waals surface area contributed by atoms with E-state index in [0.29, 0.717) is 0 Å². The number of benzene rings is 1.